The molecule has 10 nitrogen and oxygen atoms in total. The van der Waals surface area contributed by atoms with E-state index in [1.165, 1.54) is 49.3 Å². The highest BCUT2D eigenvalue weighted by atomic mass is 19.1. The molecule has 0 aliphatic carbocycles. The highest BCUT2D eigenvalue weighted by Gasteiger charge is 2.14. The summed E-state index contributed by atoms with van der Waals surface area (Å²) in [6.45, 7) is -0.159. The first-order valence-corrected chi connectivity index (χ1v) is 9.10. The fourth-order valence-electron chi connectivity index (χ4n) is 2.91. The van der Waals surface area contributed by atoms with Crippen LogP contribution in [0.5, 0.6) is 0 Å². The van der Waals surface area contributed by atoms with Crippen molar-refractivity contribution in [1.29, 1.82) is 0 Å². The van der Waals surface area contributed by atoms with Crippen LogP contribution in [0.15, 0.2) is 40.2 Å². The van der Waals surface area contributed by atoms with Crippen LogP contribution in [-0.4, -0.2) is 37.2 Å². The van der Waals surface area contributed by atoms with Crippen molar-refractivity contribution in [3.05, 3.63) is 57.2 Å². The van der Waals surface area contributed by atoms with Crippen molar-refractivity contribution in [2.75, 3.05) is 11.9 Å². The highest BCUT2D eigenvalue weighted by Crippen LogP contribution is 2.09. The lowest BCUT2D eigenvalue weighted by Crippen LogP contribution is -2.37. The molecule has 0 radical (unpaired) electrons. The number of benzene rings is 1. The first-order chi connectivity index (χ1) is 14.3. The van der Waals surface area contributed by atoms with E-state index < -0.39 is 35.5 Å². The maximum Gasteiger partial charge on any atom is 0.332 e. The lowest BCUT2D eigenvalue weighted by atomic mass is 10.3. The van der Waals surface area contributed by atoms with E-state index >= 15 is 0 Å². The van der Waals surface area contributed by atoms with Crippen LogP contribution in [0.25, 0.3) is 11.2 Å². The number of fused-ring (bicyclic) bond motifs is 1. The molecule has 0 atom stereocenters. The fourth-order valence-corrected chi connectivity index (χ4v) is 2.91. The molecule has 3 aromatic rings. The molecule has 0 fully saturated rings. The van der Waals surface area contributed by atoms with Crippen LogP contribution in [0.3, 0.4) is 0 Å². The molecule has 1 amide bonds. The number of rotatable bonds is 7. The van der Waals surface area contributed by atoms with Gasteiger partial charge in [0.25, 0.3) is 11.5 Å². The summed E-state index contributed by atoms with van der Waals surface area (Å²) in [5, 5.41) is 2.48. The first-order valence-electron chi connectivity index (χ1n) is 9.10. The number of anilines is 1. The Balaban J connectivity index is 1.51. The average molecular weight is 417 g/mol. The normalized spacial score (nSPS) is 10.9. The number of hydrogen-bond donors (Lipinski definition) is 1. The highest BCUT2D eigenvalue weighted by molar-refractivity contribution is 5.92. The van der Waals surface area contributed by atoms with Crippen LogP contribution in [0.2, 0.25) is 0 Å². The van der Waals surface area contributed by atoms with E-state index in [0.717, 1.165) is 4.57 Å². The van der Waals surface area contributed by atoms with Gasteiger partial charge in [-0.2, -0.15) is 0 Å². The average Bonchev–Trinajstić information content (AvgIpc) is 3.15. The SMILES string of the molecule is Cn1c(=O)c2c(ncn2CCCC(=O)OCC(=O)Nc2ccc(F)cc2)n(C)c1=O. The summed E-state index contributed by atoms with van der Waals surface area (Å²) in [6, 6.07) is 5.19. The van der Waals surface area contributed by atoms with Crippen LogP contribution in [0.1, 0.15) is 12.8 Å². The van der Waals surface area contributed by atoms with E-state index in [2.05, 4.69) is 10.3 Å². The van der Waals surface area contributed by atoms with Crippen LogP contribution < -0.4 is 16.6 Å². The van der Waals surface area contributed by atoms with E-state index in [-0.39, 0.29) is 17.6 Å². The van der Waals surface area contributed by atoms with Gasteiger partial charge >= 0.3 is 11.7 Å². The van der Waals surface area contributed by atoms with Crippen LogP contribution in [0.4, 0.5) is 10.1 Å². The Bertz CT molecular complexity index is 1210. The van der Waals surface area contributed by atoms with Crippen LogP contribution >= 0.6 is 0 Å². The second-order valence-electron chi connectivity index (χ2n) is 6.64. The molecule has 1 N–H and O–H groups in total. The molecule has 0 bridgehead atoms. The van der Waals surface area contributed by atoms with Gasteiger partial charge in [0, 0.05) is 32.7 Å². The van der Waals surface area contributed by atoms with Crippen molar-refractivity contribution >= 4 is 28.7 Å². The van der Waals surface area contributed by atoms with Gasteiger partial charge in [-0.25, -0.2) is 14.2 Å². The molecule has 11 heteroatoms. The molecule has 1 aromatic carbocycles. The quantitative estimate of drug-likeness (QED) is 0.561. The summed E-state index contributed by atoms with van der Waals surface area (Å²) in [6.07, 6.45) is 1.80. The van der Waals surface area contributed by atoms with Crippen molar-refractivity contribution in [2.24, 2.45) is 14.1 Å². The number of carbonyl (C=O) groups is 2. The Labute approximate surface area is 169 Å². The summed E-state index contributed by atoms with van der Waals surface area (Å²) in [7, 11) is 2.91. The first kappa shape index (κ1) is 21.0. The van der Waals surface area contributed by atoms with Crippen molar-refractivity contribution in [1.82, 2.24) is 18.7 Å². The molecule has 0 aliphatic rings. The zero-order valence-electron chi connectivity index (χ0n) is 16.4. The third kappa shape index (κ3) is 4.45. The standard InChI is InChI=1S/C19H20FN5O5/c1-23-17-16(18(28)24(2)19(23)29)25(11-21-17)9-3-4-15(27)30-10-14(26)22-13-7-5-12(20)6-8-13/h5-8,11H,3-4,9-10H2,1-2H3,(H,22,26). The van der Waals surface area contributed by atoms with E-state index in [1.807, 2.05) is 0 Å². The monoisotopic (exact) mass is 417 g/mol. The Morgan fingerprint density at radius 3 is 2.53 bits per heavy atom. The number of ether oxygens (including phenoxy) is 1. The predicted octanol–water partition coefficient (Wildman–Crippen LogP) is 0.535. The van der Waals surface area contributed by atoms with Crippen molar-refractivity contribution in [3.63, 3.8) is 0 Å². The van der Waals surface area contributed by atoms with Gasteiger partial charge in [0.05, 0.1) is 6.33 Å². The van der Waals surface area contributed by atoms with E-state index in [9.17, 15) is 23.6 Å². The molecule has 0 aliphatic heterocycles. The minimum absolute atomic E-state index is 0.0234. The summed E-state index contributed by atoms with van der Waals surface area (Å²) < 4.78 is 21.6. The molecule has 30 heavy (non-hydrogen) atoms. The maximum atomic E-state index is 12.8. The van der Waals surface area contributed by atoms with Crippen molar-refractivity contribution in [2.45, 2.75) is 19.4 Å². The van der Waals surface area contributed by atoms with E-state index in [4.69, 9.17) is 4.74 Å². The fraction of sp³-hybridized carbons (Fsp3) is 0.316. The zero-order chi connectivity index (χ0) is 21.8. The molecular weight excluding hydrogens is 397 g/mol. The van der Waals surface area contributed by atoms with Gasteiger partial charge in [0.15, 0.2) is 17.8 Å². The maximum absolute atomic E-state index is 12.8. The third-order valence-corrected chi connectivity index (χ3v) is 4.49. The summed E-state index contributed by atoms with van der Waals surface area (Å²) in [5.74, 6) is -1.54. The molecular formula is C19H20FN5O5. The number of aromatic nitrogens is 4. The molecule has 0 saturated carbocycles. The number of nitrogens with zero attached hydrogens (tertiary/aromatic N) is 4. The number of aryl methyl sites for hydroxylation is 2. The second-order valence-corrected chi connectivity index (χ2v) is 6.64. The zero-order valence-corrected chi connectivity index (χ0v) is 16.4. The van der Waals surface area contributed by atoms with E-state index in [1.54, 1.807) is 4.57 Å². The van der Waals surface area contributed by atoms with Gasteiger partial charge < -0.3 is 14.6 Å². The Morgan fingerprint density at radius 2 is 1.83 bits per heavy atom. The molecule has 2 heterocycles. The van der Waals surface area contributed by atoms with Gasteiger partial charge in [-0.3, -0.25) is 23.5 Å². The Hall–Kier alpha value is -3.76. The Morgan fingerprint density at radius 1 is 1.13 bits per heavy atom. The number of amides is 1. The lowest BCUT2D eigenvalue weighted by Gasteiger charge is -2.08. The van der Waals surface area contributed by atoms with Gasteiger partial charge in [-0.05, 0) is 30.7 Å². The van der Waals surface area contributed by atoms with E-state index in [0.29, 0.717) is 18.7 Å². The second kappa shape index (κ2) is 8.72. The van der Waals surface area contributed by atoms with Crippen LogP contribution in [-0.2, 0) is 35.0 Å². The van der Waals surface area contributed by atoms with Gasteiger partial charge in [-0.1, -0.05) is 0 Å². The molecule has 0 saturated heterocycles. The smallest absolute Gasteiger partial charge is 0.332 e. The molecule has 2 aromatic heterocycles. The molecule has 158 valence electrons. The number of imidazole rings is 1. The number of hydrogen-bond acceptors (Lipinski definition) is 6. The van der Waals surface area contributed by atoms with Crippen molar-refractivity contribution in [3.8, 4) is 0 Å². The lowest BCUT2D eigenvalue weighted by molar-refractivity contribution is -0.147. The molecule has 0 unspecified atom stereocenters. The molecule has 0 spiro atoms. The number of esters is 1. The van der Waals surface area contributed by atoms with Gasteiger partial charge in [0.2, 0.25) is 0 Å². The predicted molar refractivity (Wildman–Crippen MR) is 105 cm³/mol. The van der Waals surface area contributed by atoms with Crippen LogP contribution in [0, 0.1) is 5.82 Å². The third-order valence-electron chi connectivity index (χ3n) is 4.49. The number of nitrogens with one attached hydrogen (secondary N) is 1. The summed E-state index contributed by atoms with van der Waals surface area (Å²) in [4.78, 5) is 52.0. The number of halogens is 1. The minimum Gasteiger partial charge on any atom is -0.456 e. The topological polar surface area (TPSA) is 117 Å². The molecule has 3 rings (SSSR count). The Kier molecular flexibility index (Phi) is 6.09. The van der Waals surface area contributed by atoms with Crippen molar-refractivity contribution < 1.29 is 18.7 Å². The van der Waals surface area contributed by atoms with Gasteiger partial charge in [0.1, 0.15) is 5.82 Å². The summed E-state index contributed by atoms with van der Waals surface area (Å²) in [5.41, 5.74) is -0.0129. The summed E-state index contributed by atoms with van der Waals surface area (Å²) >= 11 is 0. The number of carbonyl (C=O) groups excluding carboxylic acids is 2. The minimum atomic E-state index is -0.575. The largest absolute Gasteiger partial charge is 0.456 e. The van der Waals surface area contributed by atoms with Gasteiger partial charge in [-0.15, -0.1) is 0 Å².